The third kappa shape index (κ3) is 3.18. The van der Waals surface area contributed by atoms with Gasteiger partial charge in [0, 0.05) is 28.9 Å². The second-order valence-corrected chi connectivity index (χ2v) is 7.26. The van der Waals surface area contributed by atoms with E-state index in [2.05, 4.69) is 22.8 Å². The van der Waals surface area contributed by atoms with E-state index in [9.17, 15) is 5.11 Å². The molecule has 5 aromatic rings. The fourth-order valence-electron chi connectivity index (χ4n) is 3.85. The quantitative estimate of drug-likeness (QED) is 0.292. The standard InChI is InChI=1S/C26H21N3O/c1-28-25-14-12-19(16-23(25)24-17-22(30)13-15-26(24)28)18-27-29(20-8-4-2-5-9-20)21-10-6-3-7-11-21/h2-18,30H,1H3/b27-18+. The van der Waals surface area contributed by atoms with Crippen LogP contribution in [0.25, 0.3) is 21.8 Å². The van der Waals surface area contributed by atoms with Gasteiger partial charge < -0.3 is 9.67 Å². The van der Waals surface area contributed by atoms with E-state index < -0.39 is 0 Å². The minimum Gasteiger partial charge on any atom is -0.508 e. The minimum absolute atomic E-state index is 0.272. The molecule has 5 rings (SSSR count). The van der Waals surface area contributed by atoms with Crippen molar-refractivity contribution in [3.05, 3.63) is 103 Å². The Labute approximate surface area is 174 Å². The molecule has 146 valence electrons. The van der Waals surface area contributed by atoms with E-state index in [0.29, 0.717) is 0 Å². The molecule has 0 aliphatic heterocycles. The van der Waals surface area contributed by atoms with E-state index in [1.807, 2.05) is 91.1 Å². The van der Waals surface area contributed by atoms with Gasteiger partial charge in [-0.3, -0.25) is 0 Å². The van der Waals surface area contributed by atoms with Crippen LogP contribution in [0.15, 0.2) is 102 Å². The monoisotopic (exact) mass is 391 g/mol. The first-order chi connectivity index (χ1) is 14.7. The molecule has 0 unspecified atom stereocenters. The molecule has 0 aliphatic rings. The number of hydrogen-bond donors (Lipinski definition) is 1. The normalized spacial score (nSPS) is 11.5. The van der Waals surface area contributed by atoms with Crippen molar-refractivity contribution in [3.8, 4) is 5.75 Å². The van der Waals surface area contributed by atoms with E-state index in [1.165, 1.54) is 0 Å². The molecule has 0 saturated heterocycles. The largest absolute Gasteiger partial charge is 0.508 e. The molecular formula is C26H21N3O. The van der Waals surface area contributed by atoms with Crippen LogP contribution in [0.4, 0.5) is 11.4 Å². The number of rotatable bonds is 4. The van der Waals surface area contributed by atoms with Crippen molar-refractivity contribution in [2.24, 2.45) is 12.1 Å². The summed E-state index contributed by atoms with van der Waals surface area (Å²) < 4.78 is 2.14. The molecule has 0 bridgehead atoms. The highest BCUT2D eigenvalue weighted by Gasteiger charge is 2.10. The highest BCUT2D eigenvalue weighted by atomic mass is 16.3. The van der Waals surface area contributed by atoms with E-state index in [4.69, 9.17) is 5.10 Å². The molecule has 4 aromatic carbocycles. The SMILES string of the molecule is Cn1c2ccc(O)cc2c2cc(/C=N/N(c3ccccc3)c3ccccc3)ccc21. The molecule has 1 N–H and O–H groups in total. The van der Waals surface area contributed by atoms with Crippen molar-refractivity contribution in [1.29, 1.82) is 0 Å². The molecule has 4 nitrogen and oxygen atoms in total. The van der Waals surface area contributed by atoms with Gasteiger partial charge in [-0.05, 0) is 60.2 Å². The Bertz CT molecular complexity index is 1320. The summed E-state index contributed by atoms with van der Waals surface area (Å²) in [5.74, 6) is 0.272. The second kappa shape index (κ2) is 7.41. The summed E-state index contributed by atoms with van der Waals surface area (Å²) in [6.07, 6.45) is 1.88. The number of nitrogens with zero attached hydrogens (tertiary/aromatic N) is 3. The number of hydrazone groups is 1. The van der Waals surface area contributed by atoms with Gasteiger partial charge in [-0.1, -0.05) is 42.5 Å². The van der Waals surface area contributed by atoms with Gasteiger partial charge in [-0.2, -0.15) is 5.10 Å². The first kappa shape index (κ1) is 18.0. The lowest BCUT2D eigenvalue weighted by Gasteiger charge is -2.19. The fourth-order valence-corrected chi connectivity index (χ4v) is 3.85. The molecule has 0 atom stereocenters. The van der Waals surface area contributed by atoms with E-state index >= 15 is 0 Å². The Hall–Kier alpha value is -4.05. The summed E-state index contributed by atoms with van der Waals surface area (Å²) >= 11 is 0. The molecule has 0 radical (unpaired) electrons. The maximum absolute atomic E-state index is 9.95. The van der Waals surface area contributed by atoms with Gasteiger partial charge in [-0.25, -0.2) is 5.01 Å². The number of benzene rings is 4. The zero-order valence-electron chi connectivity index (χ0n) is 16.6. The van der Waals surface area contributed by atoms with Crippen molar-refractivity contribution in [3.63, 3.8) is 0 Å². The van der Waals surface area contributed by atoms with Gasteiger partial charge in [-0.15, -0.1) is 0 Å². The van der Waals surface area contributed by atoms with Gasteiger partial charge >= 0.3 is 0 Å². The Morgan fingerprint density at radius 1 is 0.733 bits per heavy atom. The van der Waals surface area contributed by atoms with Crippen LogP contribution in [0.1, 0.15) is 5.56 Å². The van der Waals surface area contributed by atoms with Crippen LogP contribution >= 0.6 is 0 Å². The molecule has 1 heterocycles. The average molecular weight is 391 g/mol. The van der Waals surface area contributed by atoms with Gasteiger partial charge in [0.2, 0.25) is 0 Å². The lowest BCUT2D eigenvalue weighted by molar-refractivity contribution is 0.476. The summed E-state index contributed by atoms with van der Waals surface area (Å²) in [5, 5.41) is 18.8. The van der Waals surface area contributed by atoms with Crippen molar-refractivity contribution < 1.29 is 5.11 Å². The number of aromatic nitrogens is 1. The fraction of sp³-hybridized carbons (Fsp3) is 0.0385. The number of aryl methyl sites for hydroxylation is 1. The summed E-state index contributed by atoms with van der Waals surface area (Å²) in [6.45, 7) is 0. The van der Waals surface area contributed by atoms with E-state index in [-0.39, 0.29) is 5.75 Å². The minimum atomic E-state index is 0.272. The van der Waals surface area contributed by atoms with Crippen LogP contribution in [0, 0.1) is 0 Å². The third-order valence-corrected chi connectivity index (χ3v) is 5.34. The van der Waals surface area contributed by atoms with E-state index in [0.717, 1.165) is 38.7 Å². The van der Waals surface area contributed by atoms with Crippen LogP contribution in [-0.4, -0.2) is 15.9 Å². The summed E-state index contributed by atoms with van der Waals surface area (Å²) in [6, 6.07) is 32.0. The predicted molar refractivity (Wildman–Crippen MR) is 125 cm³/mol. The maximum Gasteiger partial charge on any atom is 0.116 e. The number of phenolic OH excluding ortho intramolecular Hbond substituents is 1. The third-order valence-electron chi connectivity index (χ3n) is 5.34. The van der Waals surface area contributed by atoms with Crippen LogP contribution < -0.4 is 5.01 Å². The molecule has 0 aliphatic carbocycles. The lowest BCUT2D eigenvalue weighted by atomic mass is 10.1. The molecule has 0 spiro atoms. The number of anilines is 2. The molecule has 0 fully saturated rings. The number of fused-ring (bicyclic) bond motifs is 3. The summed E-state index contributed by atoms with van der Waals surface area (Å²) in [7, 11) is 2.04. The van der Waals surface area contributed by atoms with Crippen molar-refractivity contribution in [2.75, 3.05) is 5.01 Å². The first-order valence-corrected chi connectivity index (χ1v) is 9.86. The predicted octanol–water partition coefficient (Wildman–Crippen LogP) is 6.21. The first-order valence-electron chi connectivity index (χ1n) is 9.86. The number of hydrogen-bond acceptors (Lipinski definition) is 3. The molecule has 30 heavy (non-hydrogen) atoms. The van der Waals surface area contributed by atoms with Crippen LogP contribution in [-0.2, 0) is 7.05 Å². The van der Waals surface area contributed by atoms with Crippen molar-refractivity contribution in [1.82, 2.24) is 4.57 Å². The van der Waals surface area contributed by atoms with Crippen molar-refractivity contribution >= 4 is 39.4 Å². The highest BCUT2D eigenvalue weighted by molar-refractivity contribution is 6.09. The Morgan fingerprint density at radius 3 is 1.93 bits per heavy atom. The molecule has 0 saturated carbocycles. The lowest BCUT2D eigenvalue weighted by Crippen LogP contribution is -2.09. The summed E-state index contributed by atoms with van der Waals surface area (Å²) in [4.78, 5) is 0. The van der Waals surface area contributed by atoms with Crippen LogP contribution in [0.3, 0.4) is 0 Å². The van der Waals surface area contributed by atoms with Gasteiger partial charge in [0.1, 0.15) is 5.75 Å². The molecule has 0 amide bonds. The molecule has 4 heteroatoms. The summed E-state index contributed by atoms with van der Waals surface area (Å²) in [5.41, 5.74) is 5.20. The van der Waals surface area contributed by atoms with Crippen LogP contribution in [0.2, 0.25) is 0 Å². The Morgan fingerprint density at radius 2 is 1.30 bits per heavy atom. The maximum atomic E-state index is 9.95. The topological polar surface area (TPSA) is 40.8 Å². The van der Waals surface area contributed by atoms with Gasteiger partial charge in [0.15, 0.2) is 0 Å². The molecular weight excluding hydrogens is 370 g/mol. The van der Waals surface area contributed by atoms with Crippen molar-refractivity contribution in [2.45, 2.75) is 0 Å². The van der Waals surface area contributed by atoms with Gasteiger partial charge in [0.05, 0.1) is 17.6 Å². The number of aromatic hydroxyl groups is 1. The average Bonchev–Trinajstić information content (AvgIpc) is 3.06. The zero-order valence-corrected chi connectivity index (χ0v) is 16.6. The van der Waals surface area contributed by atoms with Gasteiger partial charge in [0.25, 0.3) is 0 Å². The number of phenols is 1. The van der Waals surface area contributed by atoms with E-state index in [1.54, 1.807) is 6.07 Å². The highest BCUT2D eigenvalue weighted by Crippen LogP contribution is 2.31. The zero-order chi connectivity index (χ0) is 20.5. The number of para-hydroxylation sites is 2. The Balaban J connectivity index is 1.59. The molecule has 1 aromatic heterocycles. The second-order valence-electron chi connectivity index (χ2n) is 7.26. The smallest absolute Gasteiger partial charge is 0.116 e. The Kier molecular flexibility index (Phi) is 4.45. The van der Waals surface area contributed by atoms with Crippen LogP contribution in [0.5, 0.6) is 5.75 Å².